The molecule has 5 nitrogen and oxygen atoms in total. The molecule has 1 fully saturated rings. The van der Waals surface area contributed by atoms with Crippen LogP contribution in [0.1, 0.15) is 18.2 Å². The van der Waals surface area contributed by atoms with E-state index in [0.29, 0.717) is 17.3 Å². The standard InChI is InChI=1S/C11H11Br3N2O3/c12-2-1-6-5-16(11(18)15-10(6)17)9-3-7(14)8(4-13)19-9/h1-2,5,7-9H,3-4H2,(H,15,17,18)/b2-1+. The predicted molar refractivity (Wildman–Crippen MR) is 84.3 cm³/mol. The van der Waals surface area contributed by atoms with E-state index in [4.69, 9.17) is 4.74 Å². The molecule has 2 heterocycles. The fourth-order valence-corrected chi connectivity index (χ4v) is 3.92. The fourth-order valence-electron chi connectivity index (χ4n) is 1.90. The van der Waals surface area contributed by atoms with Crippen molar-refractivity contribution in [1.82, 2.24) is 9.55 Å². The number of ether oxygens (including phenoxy) is 1. The largest absolute Gasteiger partial charge is 0.353 e. The van der Waals surface area contributed by atoms with Crippen molar-refractivity contribution in [2.75, 3.05) is 5.33 Å². The second-order valence-electron chi connectivity index (χ2n) is 4.08. The van der Waals surface area contributed by atoms with Gasteiger partial charge in [-0.3, -0.25) is 14.3 Å². The maximum Gasteiger partial charge on any atom is 0.330 e. The van der Waals surface area contributed by atoms with Gasteiger partial charge in [-0.1, -0.05) is 47.8 Å². The Morgan fingerprint density at radius 3 is 2.84 bits per heavy atom. The normalized spacial score (nSPS) is 27.2. The first kappa shape index (κ1) is 15.2. The minimum absolute atomic E-state index is 0.000930. The third-order valence-corrected chi connectivity index (χ3v) is 4.73. The highest BCUT2D eigenvalue weighted by Gasteiger charge is 2.34. The van der Waals surface area contributed by atoms with Crippen LogP contribution in [-0.2, 0) is 4.74 Å². The summed E-state index contributed by atoms with van der Waals surface area (Å²) in [5, 5.41) is 0.686. The van der Waals surface area contributed by atoms with Crippen LogP contribution in [-0.4, -0.2) is 25.8 Å². The molecule has 1 N–H and O–H groups in total. The summed E-state index contributed by atoms with van der Waals surface area (Å²) in [6.45, 7) is 0. The Kier molecular flexibility index (Phi) is 5.22. The van der Waals surface area contributed by atoms with Gasteiger partial charge in [0.2, 0.25) is 0 Å². The number of hydrogen-bond acceptors (Lipinski definition) is 3. The highest BCUT2D eigenvalue weighted by atomic mass is 79.9. The SMILES string of the molecule is O=c1[nH]c(=O)n(C2CC(Br)C(CBr)O2)cc1/C=C/Br. The molecule has 0 spiro atoms. The molecule has 3 unspecified atom stereocenters. The molecule has 1 aromatic heterocycles. The highest BCUT2D eigenvalue weighted by Crippen LogP contribution is 2.33. The highest BCUT2D eigenvalue weighted by molar-refractivity contribution is 9.11. The number of nitrogens with one attached hydrogen (secondary N) is 1. The summed E-state index contributed by atoms with van der Waals surface area (Å²) in [6.07, 6.45) is 3.38. The van der Waals surface area contributed by atoms with Crippen LogP contribution in [0, 0.1) is 0 Å². The summed E-state index contributed by atoms with van der Waals surface area (Å²) in [5.41, 5.74) is -0.479. The molecule has 1 aliphatic heterocycles. The van der Waals surface area contributed by atoms with Gasteiger partial charge in [-0.25, -0.2) is 4.79 Å². The monoisotopic (exact) mass is 456 g/mol. The zero-order valence-corrected chi connectivity index (χ0v) is 14.4. The molecule has 0 aromatic carbocycles. The average molecular weight is 459 g/mol. The van der Waals surface area contributed by atoms with E-state index in [1.54, 1.807) is 11.1 Å². The van der Waals surface area contributed by atoms with E-state index in [-0.39, 0.29) is 17.2 Å². The Bertz CT molecular complexity index is 596. The Hall–Kier alpha value is -0.180. The number of aromatic nitrogens is 2. The van der Waals surface area contributed by atoms with Crippen molar-refractivity contribution >= 4 is 53.9 Å². The molecule has 0 amide bonds. The number of nitrogens with zero attached hydrogens (tertiary/aromatic N) is 1. The molecule has 2 rings (SSSR count). The van der Waals surface area contributed by atoms with Crippen LogP contribution in [0.2, 0.25) is 0 Å². The summed E-state index contributed by atoms with van der Waals surface area (Å²) in [5.74, 6) is 0. The Balaban J connectivity index is 2.38. The third kappa shape index (κ3) is 3.29. The summed E-state index contributed by atoms with van der Waals surface area (Å²) in [4.78, 5) is 27.5. The van der Waals surface area contributed by atoms with Crippen LogP contribution in [0.25, 0.3) is 6.08 Å². The van der Waals surface area contributed by atoms with Gasteiger partial charge < -0.3 is 4.74 Å². The van der Waals surface area contributed by atoms with E-state index >= 15 is 0 Å². The number of hydrogen-bond donors (Lipinski definition) is 1. The first-order valence-corrected chi connectivity index (χ1v) is 8.49. The quantitative estimate of drug-likeness (QED) is 0.707. The minimum Gasteiger partial charge on any atom is -0.353 e. The zero-order valence-electron chi connectivity index (χ0n) is 9.68. The number of aromatic amines is 1. The lowest BCUT2D eigenvalue weighted by molar-refractivity contribution is 0.0112. The molecule has 0 radical (unpaired) electrons. The summed E-state index contributed by atoms with van der Waals surface area (Å²) in [7, 11) is 0. The Morgan fingerprint density at radius 1 is 1.53 bits per heavy atom. The molecule has 0 aliphatic carbocycles. The second kappa shape index (κ2) is 6.51. The lowest BCUT2D eigenvalue weighted by atomic mass is 10.2. The van der Waals surface area contributed by atoms with Gasteiger partial charge >= 0.3 is 5.69 Å². The zero-order chi connectivity index (χ0) is 14.0. The number of rotatable bonds is 3. The summed E-state index contributed by atoms with van der Waals surface area (Å²) >= 11 is 10.0. The van der Waals surface area contributed by atoms with Crippen molar-refractivity contribution in [3.05, 3.63) is 37.6 Å². The second-order valence-corrected chi connectivity index (χ2v) is 6.43. The van der Waals surface area contributed by atoms with Gasteiger partial charge in [0.25, 0.3) is 5.56 Å². The minimum atomic E-state index is -0.461. The molecule has 8 heteroatoms. The average Bonchev–Trinajstić information content (AvgIpc) is 2.74. The first-order chi connectivity index (χ1) is 9.06. The van der Waals surface area contributed by atoms with Gasteiger partial charge in [-0.05, 0) is 11.1 Å². The molecular weight excluding hydrogens is 448 g/mol. The number of alkyl halides is 2. The molecule has 1 saturated heterocycles. The smallest absolute Gasteiger partial charge is 0.330 e. The van der Waals surface area contributed by atoms with E-state index in [1.165, 1.54) is 10.8 Å². The van der Waals surface area contributed by atoms with Crippen molar-refractivity contribution in [3.8, 4) is 0 Å². The Morgan fingerprint density at radius 2 is 2.26 bits per heavy atom. The molecule has 19 heavy (non-hydrogen) atoms. The van der Waals surface area contributed by atoms with E-state index in [9.17, 15) is 9.59 Å². The third-order valence-electron chi connectivity index (χ3n) is 2.86. The molecular formula is C11H11Br3N2O3. The topological polar surface area (TPSA) is 64.1 Å². The van der Waals surface area contributed by atoms with Gasteiger partial charge in [0.15, 0.2) is 0 Å². The van der Waals surface area contributed by atoms with Gasteiger partial charge in [0, 0.05) is 22.8 Å². The number of halogens is 3. The molecule has 104 valence electrons. The molecule has 1 aromatic rings. The maximum atomic E-state index is 11.8. The van der Waals surface area contributed by atoms with E-state index in [0.717, 1.165) is 0 Å². The summed E-state index contributed by atoms with van der Waals surface area (Å²) < 4.78 is 7.19. The summed E-state index contributed by atoms with van der Waals surface area (Å²) in [6, 6.07) is 0. The van der Waals surface area contributed by atoms with Crippen LogP contribution < -0.4 is 11.2 Å². The van der Waals surface area contributed by atoms with Crippen molar-refractivity contribution in [1.29, 1.82) is 0 Å². The molecule has 0 saturated carbocycles. The van der Waals surface area contributed by atoms with Crippen LogP contribution in [0.5, 0.6) is 0 Å². The van der Waals surface area contributed by atoms with Crippen LogP contribution in [0.4, 0.5) is 0 Å². The van der Waals surface area contributed by atoms with Crippen molar-refractivity contribution < 1.29 is 4.74 Å². The van der Waals surface area contributed by atoms with Crippen molar-refractivity contribution in [3.63, 3.8) is 0 Å². The molecule has 1 aliphatic rings. The Labute approximate surface area is 134 Å². The number of H-pyrrole nitrogens is 1. The van der Waals surface area contributed by atoms with E-state index in [1.807, 2.05) is 0 Å². The molecule has 3 atom stereocenters. The fraction of sp³-hybridized carbons (Fsp3) is 0.455. The predicted octanol–water partition coefficient (Wildman–Crippen LogP) is 2.35. The van der Waals surface area contributed by atoms with E-state index < -0.39 is 11.2 Å². The maximum absolute atomic E-state index is 11.8. The molecule has 0 bridgehead atoms. The van der Waals surface area contributed by atoms with Crippen LogP contribution in [0.3, 0.4) is 0 Å². The van der Waals surface area contributed by atoms with Crippen molar-refractivity contribution in [2.24, 2.45) is 0 Å². The van der Waals surface area contributed by atoms with Gasteiger partial charge in [-0.15, -0.1) is 0 Å². The van der Waals surface area contributed by atoms with E-state index in [2.05, 4.69) is 52.8 Å². The first-order valence-electron chi connectivity index (χ1n) is 5.54. The van der Waals surface area contributed by atoms with Crippen LogP contribution in [0.15, 0.2) is 20.8 Å². The van der Waals surface area contributed by atoms with Crippen molar-refractivity contribution in [2.45, 2.75) is 23.6 Å². The van der Waals surface area contributed by atoms with Gasteiger partial charge in [0.05, 0.1) is 11.7 Å². The lowest BCUT2D eigenvalue weighted by Crippen LogP contribution is -2.33. The van der Waals surface area contributed by atoms with Gasteiger partial charge in [0.1, 0.15) is 6.23 Å². The lowest BCUT2D eigenvalue weighted by Gasteiger charge is -2.14. The van der Waals surface area contributed by atoms with Gasteiger partial charge in [-0.2, -0.15) is 0 Å². The van der Waals surface area contributed by atoms with Crippen LogP contribution >= 0.6 is 47.8 Å².